The number of hydrogen-bond donors (Lipinski definition) is 0. The highest BCUT2D eigenvalue weighted by atomic mass is 79.9. The average molecular weight is 794 g/mol. The molecule has 0 spiro atoms. The standard InChI is InChI=1S/C39H57BrN2O10/c1-26-14-16-28(41(22-32(43)49-36(2,3)4)23-33(44)50-37(5,6)7)30(20-26)47-18-19-48-31-21-27(40)15-17-29(31)42(24-34(45)51-38(8,9)10)25-35(46)52-39(11,12)13/h14-17,20-21H,18-19,22-25H2,1-13H3. The van der Waals surface area contributed by atoms with Crippen LogP contribution in [0.5, 0.6) is 11.5 Å². The summed E-state index contributed by atoms with van der Waals surface area (Å²) in [5.41, 5.74) is -1.05. The van der Waals surface area contributed by atoms with Crippen molar-refractivity contribution in [3.8, 4) is 11.5 Å². The number of benzene rings is 2. The largest absolute Gasteiger partial charge is 0.488 e. The molecule has 0 aliphatic rings. The van der Waals surface area contributed by atoms with E-state index in [4.69, 9.17) is 28.4 Å². The summed E-state index contributed by atoms with van der Waals surface area (Å²) in [4.78, 5) is 54.9. The van der Waals surface area contributed by atoms with Gasteiger partial charge in [0.2, 0.25) is 0 Å². The topological polar surface area (TPSA) is 130 Å². The lowest BCUT2D eigenvalue weighted by Gasteiger charge is -2.29. The molecule has 0 bridgehead atoms. The molecule has 0 fully saturated rings. The fourth-order valence-corrected chi connectivity index (χ4v) is 5.08. The second-order valence-corrected chi connectivity index (χ2v) is 17.3. The lowest BCUT2D eigenvalue weighted by atomic mass is 10.1. The molecule has 0 radical (unpaired) electrons. The van der Waals surface area contributed by atoms with Crippen LogP contribution < -0.4 is 19.3 Å². The Labute approximate surface area is 317 Å². The number of carbonyl (C=O) groups excluding carboxylic acids is 4. The molecule has 0 N–H and O–H groups in total. The number of carbonyl (C=O) groups is 4. The van der Waals surface area contributed by atoms with E-state index in [0.717, 1.165) is 5.56 Å². The quantitative estimate of drug-likeness (QED) is 0.103. The summed E-state index contributed by atoms with van der Waals surface area (Å²) in [6.45, 7) is 22.4. The highest BCUT2D eigenvalue weighted by Crippen LogP contribution is 2.33. The van der Waals surface area contributed by atoms with Crippen molar-refractivity contribution in [3.05, 3.63) is 46.4 Å². The van der Waals surface area contributed by atoms with Crippen molar-refractivity contribution >= 4 is 51.2 Å². The predicted octanol–water partition coefficient (Wildman–Crippen LogP) is 7.19. The van der Waals surface area contributed by atoms with E-state index in [1.807, 2.05) is 13.0 Å². The number of halogens is 1. The molecule has 13 heteroatoms. The van der Waals surface area contributed by atoms with E-state index in [1.165, 1.54) is 0 Å². The third-order valence-corrected chi connectivity index (χ3v) is 6.77. The number of ether oxygens (including phenoxy) is 6. The first-order valence-corrected chi connectivity index (χ1v) is 18.0. The summed E-state index contributed by atoms with van der Waals surface area (Å²) < 4.78 is 35.3. The lowest BCUT2D eigenvalue weighted by molar-refractivity contribution is -0.156. The number of nitrogens with zero attached hydrogens (tertiary/aromatic N) is 2. The molecule has 0 unspecified atom stereocenters. The Kier molecular flexibility index (Phi) is 15.4. The summed E-state index contributed by atoms with van der Waals surface area (Å²) in [7, 11) is 0. The molecule has 0 saturated heterocycles. The molecule has 0 heterocycles. The molecule has 0 aliphatic carbocycles. The molecule has 2 aromatic carbocycles. The molecule has 0 aromatic heterocycles. The fraction of sp³-hybridized carbons (Fsp3) is 0.590. The molecule has 290 valence electrons. The van der Waals surface area contributed by atoms with E-state index >= 15 is 0 Å². The zero-order chi connectivity index (χ0) is 39.7. The Balaban J connectivity index is 2.36. The van der Waals surface area contributed by atoms with Gasteiger partial charge in [-0.3, -0.25) is 19.2 Å². The number of hydrogen-bond acceptors (Lipinski definition) is 12. The van der Waals surface area contributed by atoms with Crippen LogP contribution in [0.1, 0.15) is 88.6 Å². The predicted molar refractivity (Wildman–Crippen MR) is 204 cm³/mol. The number of aryl methyl sites for hydroxylation is 1. The Bertz CT molecular complexity index is 1370. The lowest BCUT2D eigenvalue weighted by Crippen LogP contribution is -2.40. The van der Waals surface area contributed by atoms with Crippen molar-refractivity contribution in [3.63, 3.8) is 0 Å². The smallest absolute Gasteiger partial charge is 0.326 e. The molecule has 52 heavy (non-hydrogen) atoms. The monoisotopic (exact) mass is 792 g/mol. The summed E-state index contributed by atoms with van der Waals surface area (Å²) in [6.07, 6.45) is 0. The molecule has 2 aromatic rings. The minimum Gasteiger partial charge on any atom is -0.488 e. The van der Waals surface area contributed by atoms with Crippen molar-refractivity contribution < 1.29 is 47.6 Å². The molecule has 12 nitrogen and oxygen atoms in total. The fourth-order valence-electron chi connectivity index (χ4n) is 4.74. The maximum Gasteiger partial charge on any atom is 0.326 e. The van der Waals surface area contributed by atoms with Gasteiger partial charge in [0.25, 0.3) is 0 Å². The number of rotatable bonds is 15. The molecule has 0 amide bonds. The molecular formula is C39H57BrN2O10. The van der Waals surface area contributed by atoms with Crippen LogP contribution in [0.3, 0.4) is 0 Å². The van der Waals surface area contributed by atoms with Crippen molar-refractivity contribution in [2.45, 2.75) is 112 Å². The van der Waals surface area contributed by atoms with Crippen LogP contribution in [-0.2, 0) is 38.1 Å². The molecule has 0 atom stereocenters. The van der Waals surface area contributed by atoms with E-state index in [0.29, 0.717) is 27.3 Å². The Morgan fingerprint density at radius 3 is 1.15 bits per heavy atom. The Hall–Kier alpha value is -4.00. The van der Waals surface area contributed by atoms with E-state index in [9.17, 15) is 19.2 Å². The molecule has 0 saturated carbocycles. The summed E-state index contributed by atoms with van der Waals surface area (Å²) >= 11 is 3.49. The van der Waals surface area contributed by atoms with Crippen molar-refractivity contribution in [2.24, 2.45) is 0 Å². The molecule has 2 rings (SSSR count). The molecule has 0 aliphatic heterocycles. The zero-order valence-corrected chi connectivity index (χ0v) is 34.6. The van der Waals surface area contributed by atoms with Crippen LogP contribution in [0.25, 0.3) is 0 Å². The first-order valence-electron chi connectivity index (χ1n) is 17.2. The van der Waals surface area contributed by atoms with Gasteiger partial charge >= 0.3 is 23.9 Å². The maximum absolute atomic E-state index is 12.9. The van der Waals surface area contributed by atoms with Gasteiger partial charge in [0.1, 0.15) is 73.3 Å². The number of anilines is 2. The van der Waals surface area contributed by atoms with Gasteiger partial charge in [0.05, 0.1) is 11.4 Å². The van der Waals surface area contributed by atoms with Crippen LogP contribution in [0, 0.1) is 6.92 Å². The second kappa shape index (κ2) is 18.2. The SMILES string of the molecule is Cc1ccc(N(CC(=O)OC(C)(C)C)CC(=O)OC(C)(C)C)c(OCCOc2cc(Br)ccc2N(CC(=O)OC(C)(C)C)CC(=O)OC(C)(C)C)c1. The third kappa shape index (κ3) is 17.5. The van der Waals surface area contributed by atoms with Gasteiger partial charge in [-0.25, -0.2) is 0 Å². The Morgan fingerprint density at radius 1 is 0.519 bits per heavy atom. The van der Waals surface area contributed by atoms with E-state index in [2.05, 4.69) is 15.9 Å². The van der Waals surface area contributed by atoms with Gasteiger partial charge < -0.3 is 38.2 Å². The van der Waals surface area contributed by atoms with E-state index < -0.39 is 46.3 Å². The van der Waals surface area contributed by atoms with Gasteiger partial charge in [-0.15, -0.1) is 0 Å². The van der Waals surface area contributed by atoms with E-state index in [-0.39, 0.29) is 39.4 Å². The van der Waals surface area contributed by atoms with Crippen molar-refractivity contribution in [1.82, 2.24) is 0 Å². The minimum atomic E-state index is -0.727. The second-order valence-electron chi connectivity index (χ2n) is 16.3. The van der Waals surface area contributed by atoms with Gasteiger partial charge in [-0.1, -0.05) is 22.0 Å². The van der Waals surface area contributed by atoms with Crippen molar-refractivity contribution in [2.75, 3.05) is 49.2 Å². The van der Waals surface area contributed by atoms with Crippen LogP contribution in [0.2, 0.25) is 0 Å². The molecular weight excluding hydrogens is 736 g/mol. The van der Waals surface area contributed by atoms with Gasteiger partial charge in [-0.2, -0.15) is 0 Å². The van der Waals surface area contributed by atoms with Gasteiger partial charge in [0.15, 0.2) is 0 Å². The average Bonchev–Trinajstić information content (AvgIpc) is 2.90. The van der Waals surface area contributed by atoms with Crippen LogP contribution in [0.15, 0.2) is 40.9 Å². The minimum absolute atomic E-state index is 0.0572. The van der Waals surface area contributed by atoms with E-state index in [1.54, 1.807) is 123 Å². The third-order valence-electron chi connectivity index (χ3n) is 6.28. The van der Waals surface area contributed by atoms with Crippen molar-refractivity contribution in [1.29, 1.82) is 0 Å². The zero-order valence-electron chi connectivity index (χ0n) is 33.1. The van der Waals surface area contributed by atoms with Crippen LogP contribution in [0.4, 0.5) is 11.4 Å². The summed E-state index contributed by atoms with van der Waals surface area (Å²) in [5, 5.41) is 0. The first kappa shape index (κ1) is 44.2. The van der Waals surface area contributed by atoms with Crippen LogP contribution >= 0.6 is 15.9 Å². The summed E-state index contributed by atoms with van der Waals surface area (Å²) in [6, 6.07) is 10.7. The first-order chi connectivity index (χ1) is 23.7. The van der Waals surface area contributed by atoms with Gasteiger partial charge in [0, 0.05) is 4.47 Å². The Morgan fingerprint density at radius 2 is 0.827 bits per heavy atom. The highest BCUT2D eigenvalue weighted by molar-refractivity contribution is 9.10. The number of esters is 4. The van der Waals surface area contributed by atoms with Crippen LogP contribution in [-0.4, -0.2) is 85.7 Å². The highest BCUT2D eigenvalue weighted by Gasteiger charge is 2.27. The van der Waals surface area contributed by atoms with Gasteiger partial charge in [-0.05, 0) is 126 Å². The summed E-state index contributed by atoms with van der Waals surface area (Å²) in [5.74, 6) is -1.29. The maximum atomic E-state index is 12.9. The normalized spacial score (nSPS) is 12.0.